The molecule has 1 aromatic carbocycles. The minimum Gasteiger partial charge on any atom is -0.448 e. The SMILES string of the molecule is CO[C@@H](Cc1ccccc1)C(=O)OCC#N. The van der Waals surface area contributed by atoms with Crippen molar-refractivity contribution in [3.63, 3.8) is 0 Å². The molecule has 0 radical (unpaired) electrons. The van der Waals surface area contributed by atoms with Crippen molar-refractivity contribution in [1.29, 1.82) is 5.26 Å². The predicted molar refractivity (Wildman–Crippen MR) is 57.5 cm³/mol. The van der Waals surface area contributed by atoms with Crippen LogP contribution in [0.15, 0.2) is 30.3 Å². The molecule has 0 fully saturated rings. The molecule has 0 aliphatic rings. The second kappa shape index (κ2) is 6.59. The molecule has 0 amide bonds. The molecule has 1 rings (SSSR count). The van der Waals surface area contributed by atoms with E-state index in [9.17, 15) is 4.79 Å². The van der Waals surface area contributed by atoms with Crippen LogP contribution in [0.4, 0.5) is 0 Å². The van der Waals surface area contributed by atoms with E-state index in [1.807, 2.05) is 30.3 Å². The molecule has 1 atom stereocenters. The number of esters is 1. The predicted octanol–water partition coefficient (Wildman–Crippen LogP) is 1.31. The van der Waals surface area contributed by atoms with Gasteiger partial charge in [0.2, 0.25) is 0 Å². The van der Waals surface area contributed by atoms with E-state index >= 15 is 0 Å². The molecule has 0 spiro atoms. The molecule has 0 unspecified atom stereocenters. The summed E-state index contributed by atoms with van der Waals surface area (Å²) in [7, 11) is 1.45. The largest absolute Gasteiger partial charge is 0.448 e. The number of nitrogens with zero attached hydrogens (tertiary/aromatic N) is 1. The molecule has 0 heterocycles. The molecule has 0 saturated heterocycles. The number of hydrogen-bond donors (Lipinski definition) is 0. The Bertz CT molecular complexity index is 370. The smallest absolute Gasteiger partial charge is 0.336 e. The Morgan fingerprint density at radius 2 is 2.12 bits per heavy atom. The summed E-state index contributed by atoms with van der Waals surface area (Å²) in [4.78, 5) is 11.4. The maximum Gasteiger partial charge on any atom is 0.336 e. The molecule has 0 bridgehead atoms. The first-order valence-corrected chi connectivity index (χ1v) is 4.88. The van der Waals surface area contributed by atoms with Crippen LogP contribution in [0.3, 0.4) is 0 Å². The van der Waals surface area contributed by atoms with Gasteiger partial charge in [0.15, 0.2) is 12.7 Å². The van der Waals surface area contributed by atoms with Crippen LogP contribution in [0.25, 0.3) is 0 Å². The van der Waals surface area contributed by atoms with Crippen LogP contribution < -0.4 is 0 Å². The number of methoxy groups -OCH3 is 1. The fourth-order valence-electron chi connectivity index (χ4n) is 1.29. The Kier molecular flexibility index (Phi) is 5.03. The lowest BCUT2D eigenvalue weighted by Gasteiger charge is -2.13. The molecule has 0 saturated carbocycles. The van der Waals surface area contributed by atoms with Crippen molar-refractivity contribution in [2.75, 3.05) is 13.7 Å². The molecular formula is C12H13NO3. The first-order chi connectivity index (χ1) is 7.77. The highest BCUT2D eigenvalue weighted by Gasteiger charge is 2.19. The highest BCUT2D eigenvalue weighted by Crippen LogP contribution is 2.06. The average molecular weight is 219 g/mol. The van der Waals surface area contributed by atoms with Crippen molar-refractivity contribution in [2.24, 2.45) is 0 Å². The van der Waals surface area contributed by atoms with Crippen molar-refractivity contribution in [1.82, 2.24) is 0 Å². The van der Waals surface area contributed by atoms with E-state index in [0.29, 0.717) is 6.42 Å². The first-order valence-electron chi connectivity index (χ1n) is 4.88. The lowest BCUT2D eigenvalue weighted by Crippen LogP contribution is -2.27. The summed E-state index contributed by atoms with van der Waals surface area (Å²) in [6.45, 7) is -0.243. The monoisotopic (exact) mass is 219 g/mol. The van der Waals surface area contributed by atoms with E-state index in [4.69, 9.17) is 14.7 Å². The summed E-state index contributed by atoms with van der Waals surface area (Å²) in [6.07, 6.45) is -0.211. The summed E-state index contributed by atoms with van der Waals surface area (Å²) in [5.74, 6) is -0.507. The van der Waals surface area contributed by atoms with Crippen molar-refractivity contribution in [3.05, 3.63) is 35.9 Å². The van der Waals surface area contributed by atoms with E-state index < -0.39 is 12.1 Å². The lowest BCUT2D eigenvalue weighted by atomic mass is 10.1. The minimum atomic E-state index is -0.657. The third kappa shape index (κ3) is 3.71. The van der Waals surface area contributed by atoms with Crippen LogP contribution in [0.1, 0.15) is 5.56 Å². The quantitative estimate of drug-likeness (QED) is 0.700. The van der Waals surface area contributed by atoms with Gasteiger partial charge in [-0.15, -0.1) is 0 Å². The van der Waals surface area contributed by atoms with Crippen LogP contribution in [0.5, 0.6) is 0 Å². The summed E-state index contributed by atoms with van der Waals surface area (Å²) < 4.78 is 9.72. The Balaban J connectivity index is 2.56. The van der Waals surface area contributed by atoms with Crippen molar-refractivity contribution in [3.8, 4) is 6.07 Å². The molecule has 0 aliphatic carbocycles. The highest BCUT2D eigenvalue weighted by atomic mass is 16.6. The second-order valence-electron chi connectivity index (χ2n) is 3.18. The third-order valence-corrected chi connectivity index (χ3v) is 2.09. The van der Waals surface area contributed by atoms with Crippen LogP contribution >= 0.6 is 0 Å². The molecule has 1 aromatic rings. The summed E-state index contributed by atoms with van der Waals surface area (Å²) >= 11 is 0. The zero-order valence-corrected chi connectivity index (χ0v) is 9.05. The molecule has 16 heavy (non-hydrogen) atoms. The standard InChI is InChI=1S/C12H13NO3/c1-15-11(12(14)16-8-7-13)9-10-5-3-2-4-6-10/h2-6,11H,8-9H2,1H3/t11-/m0/s1. The summed E-state index contributed by atoms with van der Waals surface area (Å²) in [6, 6.07) is 11.2. The van der Waals surface area contributed by atoms with E-state index in [1.165, 1.54) is 7.11 Å². The van der Waals surface area contributed by atoms with Gasteiger partial charge in [-0.3, -0.25) is 0 Å². The van der Waals surface area contributed by atoms with Crippen LogP contribution in [0.2, 0.25) is 0 Å². The van der Waals surface area contributed by atoms with Gasteiger partial charge in [-0.05, 0) is 5.56 Å². The van der Waals surface area contributed by atoms with Crippen molar-refractivity contribution >= 4 is 5.97 Å². The number of hydrogen-bond acceptors (Lipinski definition) is 4. The van der Waals surface area contributed by atoms with Gasteiger partial charge in [-0.1, -0.05) is 30.3 Å². The van der Waals surface area contributed by atoms with Gasteiger partial charge in [0, 0.05) is 13.5 Å². The Morgan fingerprint density at radius 3 is 2.69 bits per heavy atom. The molecular weight excluding hydrogens is 206 g/mol. The Labute approximate surface area is 94.4 Å². The molecule has 0 aromatic heterocycles. The van der Waals surface area contributed by atoms with Crippen LogP contribution in [0, 0.1) is 11.3 Å². The van der Waals surface area contributed by atoms with Crippen molar-refractivity contribution in [2.45, 2.75) is 12.5 Å². The summed E-state index contributed by atoms with van der Waals surface area (Å²) in [5, 5.41) is 8.29. The molecule has 4 nitrogen and oxygen atoms in total. The van der Waals surface area contributed by atoms with E-state index in [-0.39, 0.29) is 6.61 Å². The number of rotatable bonds is 5. The van der Waals surface area contributed by atoms with E-state index in [1.54, 1.807) is 6.07 Å². The number of benzene rings is 1. The number of ether oxygens (including phenoxy) is 2. The van der Waals surface area contributed by atoms with Gasteiger partial charge in [-0.2, -0.15) is 5.26 Å². The fourth-order valence-corrected chi connectivity index (χ4v) is 1.29. The highest BCUT2D eigenvalue weighted by molar-refractivity contribution is 5.75. The number of nitriles is 1. The topological polar surface area (TPSA) is 59.3 Å². The normalized spacial score (nSPS) is 11.5. The Morgan fingerprint density at radius 1 is 1.44 bits per heavy atom. The van der Waals surface area contributed by atoms with Gasteiger partial charge in [0.25, 0.3) is 0 Å². The van der Waals surface area contributed by atoms with E-state index in [2.05, 4.69) is 0 Å². The van der Waals surface area contributed by atoms with Crippen molar-refractivity contribution < 1.29 is 14.3 Å². The van der Waals surface area contributed by atoms with Gasteiger partial charge in [0.1, 0.15) is 6.07 Å². The van der Waals surface area contributed by atoms with Gasteiger partial charge >= 0.3 is 5.97 Å². The molecule has 0 N–H and O–H groups in total. The molecule has 4 heteroatoms. The van der Waals surface area contributed by atoms with Crippen LogP contribution in [-0.2, 0) is 20.7 Å². The zero-order valence-electron chi connectivity index (χ0n) is 9.05. The maximum atomic E-state index is 11.4. The summed E-state index contributed by atoms with van der Waals surface area (Å²) in [5.41, 5.74) is 0.989. The fraction of sp³-hybridized carbons (Fsp3) is 0.333. The number of carbonyl (C=O) groups excluding carboxylic acids is 1. The Hall–Kier alpha value is -1.86. The van der Waals surface area contributed by atoms with Gasteiger partial charge in [-0.25, -0.2) is 4.79 Å². The molecule has 84 valence electrons. The van der Waals surface area contributed by atoms with Gasteiger partial charge < -0.3 is 9.47 Å². The van der Waals surface area contributed by atoms with E-state index in [0.717, 1.165) is 5.56 Å². The first kappa shape index (κ1) is 12.2. The van der Waals surface area contributed by atoms with Crippen LogP contribution in [-0.4, -0.2) is 25.8 Å². The third-order valence-electron chi connectivity index (χ3n) is 2.09. The lowest BCUT2D eigenvalue weighted by molar-refractivity contribution is -0.153. The second-order valence-corrected chi connectivity index (χ2v) is 3.18. The molecule has 0 aliphatic heterocycles. The zero-order chi connectivity index (χ0) is 11.8. The average Bonchev–Trinajstić information content (AvgIpc) is 2.34. The number of carbonyl (C=O) groups is 1. The van der Waals surface area contributed by atoms with Gasteiger partial charge in [0.05, 0.1) is 0 Å². The minimum absolute atomic E-state index is 0.243. The maximum absolute atomic E-state index is 11.4.